The van der Waals surface area contributed by atoms with Crippen molar-refractivity contribution >= 4 is 0 Å². The van der Waals surface area contributed by atoms with E-state index in [1.165, 1.54) is 0 Å². The normalized spacial score (nSPS) is 14.2. The summed E-state index contributed by atoms with van der Waals surface area (Å²) in [6.45, 7) is 8.12. The molecule has 0 spiro atoms. The molecule has 0 aliphatic rings. The van der Waals surface area contributed by atoms with Gasteiger partial charge in [-0.1, -0.05) is 0 Å². The van der Waals surface area contributed by atoms with Crippen LogP contribution in [0.1, 0.15) is 33.6 Å². The molecule has 0 amide bonds. The average Bonchev–Trinajstić information content (AvgIpc) is 2.42. The van der Waals surface area contributed by atoms with Crippen LogP contribution in [-0.4, -0.2) is 67.1 Å². The summed E-state index contributed by atoms with van der Waals surface area (Å²) >= 11 is 0. The Kier molecular flexibility index (Phi) is 8.96. The molecule has 0 rings (SSSR count). The van der Waals surface area contributed by atoms with Crippen LogP contribution in [0.15, 0.2) is 0 Å². The first-order chi connectivity index (χ1) is 9.33. The monoisotopic (exact) mass is 279 g/mol. The summed E-state index contributed by atoms with van der Waals surface area (Å²) in [7, 11) is 5.97. The van der Waals surface area contributed by atoms with Crippen molar-refractivity contribution in [3.63, 3.8) is 0 Å². The zero-order valence-corrected chi connectivity index (χ0v) is 13.8. The Labute approximate surface area is 124 Å². The van der Waals surface area contributed by atoms with E-state index < -0.39 is 0 Å². The minimum absolute atomic E-state index is 0.231. The van der Waals surface area contributed by atoms with Gasteiger partial charge in [-0.05, 0) is 41.3 Å². The molecule has 0 aliphatic heterocycles. The molecule has 5 nitrogen and oxygen atoms in total. The molecule has 0 aliphatic carbocycles. The van der Waals surface area contributed by atoms with Crippen molar-refractivity contribution in [3.05, 3.63) is 0 Å². The minimum Gasteiger partial charge on any atom is -0.314 e. The van der Waals surface area contributed by atoms with Crippen molar-refractivity contribution in [2.24, 2.45) is 0 Å². The molecule has 20 heavy (non-hydrogen) atoms. The Morgan fingerprint density at radius 3 is 2.10 bits per heavy atom. The van der Waals surface area contributed by atoms with Crippen LogP contribution in [-0.2, 0) is 0 Å². The van der Waals surface area contributed by atoms with Crippen LogP contribution in [0.2, 0.25) is 0 Å². The molecule has 0 fully saturated rings. The lowest BCUT2D eigenvalue weighted by molar-refractivity contribution is 0.123. The third kappa shape index (κ3) is 6.75. The highest BCUT2D eigenvalue weighted by Gasteiger charge is 2.22. The van der Waals surface area contributed by atoms with Gasteiger partial charge in [-0.15, -0.1) is 0 Å². The summed E-state index contributed by atoms with van der Waals surface area (Å²) in [6, 6.07) is 3.35. The summed E-state index contributed by atoms with van der Waals surface area (Å²) in [4.78, 5) is 6.18. The maximum Gasteiger partial charge on any atom is 0.179 e. The van der Waals surface area contributed by atoms with Crippen molar-refractivity contribution in [1.82, 2.24) is 14.7 Å². The second-order valence-corrected chi connectivity index (χ2v) is 5.87. The van der Waals surface area contributed by atoms with Crippen molar-refractivity contribution in [2.75, 3.05) is 34.2 Å². The van der Waals surface area contributed by atoms with Gasteiger partial charge in [-0.25, -0.2) is 0 Å². The van der Waals surface area contributed by atoms with E-state index in [0.717, 1.165) is 19.5 Å². The van der Waals surface area contributed by atoms with Gasteiger partial charge in [-0.3, -0.25) is 4.90 Å². The molecule has 0 bridgehead atoms. The number of nitrogens with zero attached hydrogens (tertiary/aromatic N) is 5. The van der Waals surface area contributed by atoms with E-state index in [0.29, 0.717) is 18.5 Å². The van der Waals surface area contributed by atoms with Crippen LogP contribution in [0.5, 0.6) is 0 Å². The van der Waals surface area contributed by atoms with Crippen LogP contribution in [0.3, 0.4) is 0 Å². The fourth-order valence-corrected chi connectivity index (χ4v) is 1.98. The van der Waals surface area contributed by atoms with Crippen molar-refractivity contribution in [3.8, 4) is 12.3 Å². The molecule has 0 heterocycles. The summed E-state index contributed by atoms with van der Waals surface area (Å²) in [5, 5.41) is 17.8. The second-order valence-electron chi connectivity index (χ2n) is 5.87. The molecule has 0 saturated carbocycles. The van der Waals surface area contributed by atoms with E-state index in [4.69, 9.17) is 10.5 Å². The zero-order valence-electron chi connectivity index (χ0n) is 13.8. The highest BCUT2D eigenvalue weighted by Crippen LogP contribution is 2.12. The number of nitriles is 2. The average molecular weight is 279 g/mol. The van der Waals surface area contributed by atoms with Crippen LogP contribution in [0, 0.1) is 22.8 Å². The SMILES string of the molecule is CC(C)N(C)CC(CC#N)N(C)C(C)CCN(C)C#N. The maximum absolute atomic E-state index is 9.03. The maximum atomic E-state index is 9.03. The number of hydrogen-bond donors (Lipinski definition) is 0. The third-order valence-electron chi connectivity index (χ3n) is 4.03. The van der Waals surface area contributed by atoms with E-state index in [1.54, 1.807) is 11.9 Å². The van der Waals surface area contributed by atoms with Crippen molar-refractivity contribution in [1.29, 1.82) is 10.5 Å². The Bertz CT molecular complexity index is 341. The van der Waals surface area contributed by atoms with Crippen LogP contribution in [0.25, 0.3) is 0 Å². The first-order valence-corrected chi connectivity index (χ1v) is 7.23. The standard InChI is InChI=1S/C15H29N5/c1-13(2)19(5)11-15(7-9-16)20(6)14(3)8-10-18(4)12-17/h13-15H,7-8,10-11H2,1-6H3. The van der Waals surface area contributed by atoms with Gasteiger partial charge in [0, 0.05) is 38.3 Å². The molecule has 0 N–H and O–H groups in total. The fraction of sp³-hybridized carbons (Fsp3) is 0.867. The van der Waals surface area contributed by atoms with Crippen LogP contribution >= 0.6 is 0 Å². The van der Waals surface area contributed by atoms with Gasteiger partial charge in [0.15, 0.2) is 6.19 Å². The number of likely N-dealkylation sites (N-methyl/N-ethyl adjacent to an activating group) is 2. The van der Waals surface area contributed by atoms with Gasteiger partial charge < -0.3 is 9.80 Å². The van der Waals surface area contributed by atoms with Gasteiger partial charge in [0.2, 0.25) is 0 Å². The Morgan fingerprint density at radius 2 is 1.65 bits per heavy atom. The Balaban J connectivity index is 4.51. The molecule has 0 aromatic carbocycles. The lowest BCUT2D eigenvalue weighted by Crippen LogP contribution is -2.46. The van der Waals surface area contributed by atoms with E-state index in [1.807, 2.05) is 0 Å². The second kappa shape index (κ2) is 9.58. The van der Waals surface area contributed by atoms with E-state index in [-0.39, 0.29) is 6.04 Å². The highest BCUT2D eigenvalue weighted by molar-refractivity contribution is 4.86. The molecule has 0 saturated heterocycles. The molecule has 0 aromatic heterocycles. The molecular formula is C15H29N5. The molecule has 2 unspecified atom stereocenters. The predicted octanol–water partition coefficient (Wildman–Crippen LogP) is 1.73. The van der Waals surface area contributed by atoms with Gasteiger partial charge in [0.1, 0.15) is 0 Å². The summed E-state index contributed by atoms with van der Waals surface area (Å²) in [5.74, 6) is 0. The van der Waals surface area contributed by atoms with Crippen molar-refractivity contribution in [2.45, 2.75) is 51.7 Å². The zero-order chi connectivity index (χ0) is 15.7. The quantitative estimate of drug-likeness (QED) is 0.475. The lowest BCUT2D eigenvalue weighted by atomic mass is 10.1. The first kappa shape index (κ1) is 18.7. The van der Waals surface area contributed by atoms with Crippen LogP contribution < -0.4 is 0 Å². The summed E-state index contributed by atoms with van der Waals surface area (Å²) < 4.78 is 0. The Morgan fingerprint density at radius 1 is 1.05 bits per heavy atom. The first-order valence-electron chi connectivity index (χ1n) is 7.23. The smallest absolute Gasteiger partial charge is 0.179 e. The van der Waals surface area contributed by atoms with Crippen LogP contribution in [0.4, 0.5) is 0 Å². The van der Waals surface area contributed by atoms with Crippen molar-refractivity contribution < 1.29 is 0 Å². The van der Waals surface area contributed by atoms with E-state index in [9.17, 15) is 0 Å². The van der Waals surface area contributed by atoms with Gasteiger partial charge in [0.25, 0.3) is 0 Å². The molecule has 0 radical (unpaired) electrons. The summed E-state index contributed by atoms with van der Waals surface area (Å²) in [6.07, 6.45) is 3.57. The van der Waals surface area contributed by atoms with Gasteiger partial charge in [0.05, 0.1) is 12.5 Å². The molecular weight excluding hydrogens is 250 g/mol. The van der Waals surface area contributed by atoms with Gasteiger partial charge in [-0.2, -0.15) is 10.5 Å². The topological polar surface area (TPSA) is 57.3 Å². The summed E-state index contributed by atoms with van der Waals surface area (Å²) in [5.41, 5.74) is 0. The fourth-order valence-electron chi connectivity index (χ4n) is 1.98. The Hall–Kier alpha value is -1.30. The number of hydrogen-bond acceptors (Lipinski definition) is 5. The van der Waals surface area contributed by atoms with E-state index in [2.05, 4.69) is 56.9 Å². The molecule has 0 aromatic rings. The molecule has 2 atom stereocenters. The highest BCUT2D eigenvalue weighted by atomic mass is 15.2. The third-order valence-corrected chi connectivity index (χ3v) is 4.03. The van der Waals surface area contributed by atoms with Gasteiger partial charge >= 0.3 is 0 Å². The largest absolute Gasteiger partial charge is 0.314 e. The molecule has 114 valence electrons. The molecule has 5 heteroatoms. The minimum atomic E-state index is 0.231. The number of rotatable bonds is 9. The predicted molar refractivity (Wildman–Crippen MR) is 81.9 cm³/mol. The van der Waals surface area contributed by atoms with E-state index >= 15 is 0 Å². The lowest BCUT2D eigenvalue weighted by Gasteiger charge is -2.36.